The van der Waals surface area contributed by atoms with Crippen molar-refractivity contribution < 1.29 is 37.5 Å². The molecular weight excluding hydrogens is 437 g/mol. The van der Waals surface area contributed by atoms with Crippen molar-refractivity contribution in [3.8, 4) is 0 Å². The minimum atomic E-state index is -4.79. The summed E-state index contributed by atoms with van der Waals surface area (Å²) in [6.07, 6.45) is -3.88. The van der Waals surface area contributed by atoms with Crippen LogP contribution in [0.5, 0.6) is 0 Å². The lowest BCUT2D eigenvalue weighted by Crippen LogP contribution is -2.18. The normalized spacial score (nSPS) is 14.5. The van der Waals surface area contributed by atoms with Gasteiger partial charge in [0.2, 0.25) is 0 Å². The van der Waals surface area contributed by atoms with E-state index in [0.717, 1.165) is 12.1 Å². The number of nitro benzene ring substituents is 1. The lowest BCUT2D eigenvalue weighted by Gasteiger charge is -2.22. The van der Waals surface area contributed by atoms with Crippen LogP contribution >= 0.6 is 0 Å². The third kappa shape index (κ3) is 5.04. The molecule has 2 aromatic rings. The molecule has 1 aliphatic heterocycles. The predicted octanol–water partition coefficient (Wildman–Crippen LogP) is 4.03. The molecule has 0 radical (unpaired) electrons. The summed E-state index contributed by atoms with van der Waals surface area (Å²) in [7, 11) is 0. The maximum atomic E-state index is 13.2. The molecule has 1 atom stereocenters. The summed E-state index contributed by atoms with van der Waals surface area (Å²) in [5.41, 5.74) is -1.69. The third-order valence-electron chi connectivity index (χ3n) is 4.48. The molecule has 1 aromatic heterocycles. The van der Waals surface area contributed by atoms with Crippen LogP contribution in [-0.2, 0) is 26.9 Å². The molecular formula is C19H17F3N4O6. The van der Waals surface area contributed by atoms with Crippen LogP contribution in [0, 0.1) is 17.0 Å². The predicted molar refractivity (Wildman–Crippen MR) is 102 cm³/mol. The number of hydrogen-bond acceptors (Lipinski definition) is 8. The highest BCUT2D eigenvalue weighted by atomic mass is 19.4. The third-order valence-corrected chi connectivity index (χ3v) is 4.48. The quantitative estimate of drug-likeness (QED) is 0.469. The molecule has 0 fully saturated rings. The number of nitrogens with zero attached hydrogens (tertiary/aromatic N) is 3. The second-order valence-electron chi connectivity index (χ2n) is 6.86. The van der Waals surface area contributed by atoms with E-state index in [1.165, 1.54) is 26.4 Å². The van der Waals surface area contributed by atoms with Crippen molar-refractivity contribution in [2.75, 3.05) is 5.32 Å². The molecule has 0 saturated heterocycles. The fourth-order valence-corrected chi connectivity index (χ4v) is 3.09. The zero-order valence-corrected chi connectivity index (χ0v) is 16.7. The molecule has 32 heavy (non-hydrogen) atoms. The number of nitro groups is 1. The zero-order valence-electron chi connectivity index (χ0n) is 16.7. The Balaban J connectivity index is 2.05. The number of aliphatic carboxylic acids is 1. The van der Waals surface area contributed by atoms with Gasteiger partial charge < -0.3 is 19.9 Å². The van der Waals surface area contributed by atoms with Crippen LogP contribution in [0.25, 0.3) is 0 Å². The number of aryl methyl sites for hydroxylation is 1. The van der Waals surface area contributed by atoms with Gasteiger partial charge in [-0.05, 0) is 25.5 Å². The monoisotopic (exact) mass is 454 g/mol. The molecule has 0 unspecified atom stereocenters. The molecule has 13 heteroatoms. The lowest BCUT2D eigenvalue weighted by molar-refractivity contribution is -0.385. The minimum Gasteiger partial charge on any atom is -0.481 e. The molecule has 2 heterocycles. The van der Waals surface area contributed by atoms with Crippen LogP contribution in [0.15, 0.2) is 30.7 Å². The molecule has 0 spiro atoms. The number of carbonyl (C=O) groups is 1. The van der Waals surface area contributed by atoms with Crippen molar-refractivity contribution in [1.29, 1.82) is 0 Å². The molecule has 1 aromatic carbocycles. The van der Waals surface area contributed by atoms with Crippen molar-refractivity contribution in [2.24, 2.45) is 0 Å². The molecule has 2 N–H and O–H groups in total. The topological polar surface area (TPSA) is 137 Å². The average Bonchev–Trinajstić information content (AvgIpc) is 3.20. The Kier molecular flexibility index (Phi) is 6.18. The number of anilines is 1. The standard InChI is InChI=1S/C19H17F3N4O6/c1-9(11-5-12(19(20,21)22)7-13(6-11)26(29)30)23-17-16(18-31-3-4-32-18)14(8-15(27)28)24-10(2)25-17/h3-7,9,18H,8H2,1-2H3,(H,27,28)(H,23,24,25)/t9-/m1/s1. The van der Waals surface area contributed by atoms with E-state index >= 15 is 0 Å². The van der Waals surface area contributed by atoms with Gasteiger partial charge >= 0.3 is 12.1 Å². The first-order chi connectivity index (χ1) is 15.0. The van der Waals surface area contributed by atoms with E-state index in [2.05, 4.69) is 15.3 Å². The van der Waals surface area contributed by atoms with Gasteiger partial charge in [0.1, 0.15) is 24.2 Å². The summed E-state index contributed by atoms with van der Waals surface area (Å²) in [5.74, 6) is -0.918. The summed E-state index contributed by atoms with van der Waals surface area (Å²) >= 11 is 0. The van der Waals surface area contributed by atoms with Crippen molar-refractivity contribution >= 4 is 17.5 Å². The summed E-state index contributed by atoms with van der Waals surface area (Å²) < 4.78 is 50.3. The molecule has 3 rings (SSSR count). The Morgan fingerprint density at radius 1 is 1.28 bits per heavy atom. The van der Waals surface area contributed by atoms with Gasteiger partial charge in [-0.15, -0.1) is 0 Å². The number of hydrogen-bond donors (Lipinski definition) is 2. The smallest absolute Gasteiger partial charge is 0.416 e. The van der Waals surface area contributed by atoms with Gasteiger partial charge in [-0.3, -0.25) is 14.9 Å². The van der Waals surface area contributed by atoms with Crippen molar-refractivity contribution in [1.82, 2.24) is 9.97 Å². The maximum absolute atomic E-state index is 13.2. The van der Waals surface area contributed by atoms with Gasteiger partial charge in [0.15, 0.2) is 0 Å². The van der Waals surface area contributed by atoms with Gasteiger partial charge in [0.05, 0.1) is 34.2 Å². The highest BCUT2D eigenvalue weighted by molar-refractivity contribution is 5.71. The van der Waals surface area contributed by atoms with Crippen molar-refractivity contribution in [3.63, 3.8) is 0 Å². The summed E-state index contributed by atoms with van der Waals surface area (Å²) in [4.78, 5) is 29.9. The molecule has 0 saturated carbocycles. The van der Waals surface area contributed by atoms with Crippen molar-refractivity contribution in [2.45, 2.75) is 38.8 Å². The molecule has 170 valence electrons. The Morgan fingerprint density at radius 2 is 1.94 bits per heavy atom. The van der Waals surface area contributed by atoms with Crippen LogP contribution in [0.4, 0.5) is 24.7 Å². The van der Waals surface area contributed by atoms with Crippen molar-refractivity contribution in [3.05, 3.63) is 69.0 Å². The van der Waals surface area contributed by atoms with E-state index in [-0.39, 0.29) is 28.5 Å². The van der Waals surface area contributed by atoms with E-state index in [4.69, 9.17) is 9.47 Å². The second-order valence-corrected chi connectivity index (χ2v) is 6.86. The highest BCUT2D eigenvalue weighted by Crippen LogP contribution is 2.36. The van der Waals surface area contributed by atoms with E-state index in [0.29, 0.717) is 6.07 Å². The average molecular weight is 454 g/mol. The number of non-ortho nitro benzene ring substituents is 1. The Bertz CT molecular complexity index is 1080. The van der Waals surface area contributed by atoms with E-state index in [1.807, 2.05) is 0 Å². The van der Waals surface area contributed by atoms with Gasteiger partial charge in [-0.1, -0.05) is 0 Å². The molecule has 0 bridgehead atoms. The number of rotatable bonds is 7. The number of ether oxygens (including phenoxy) is 2. The molecule has 1 aliphatic rings. The Hall–Kier alpha value is -3.90. The minimum absolute atomic E-state index is 0.0279. The number of alkyl halides is 3. The number of carboxylic acids is 1. The first kappa shape index (κ1) is 22.8. The SMILES string of the molecule is Cc1nc(CC(=O)O)c(C2OC=CO2)c(N[C@H](C)c2cc([N+](=O)[O-])cc(C(F)(F)F)c2)n1. The first-order valence-electron chi connectivity index (χ1n) is 9.14. The molecule has 10 nitrogen and oxygen atoms in total. The van der Waals surface area contributed by atoms with Gasteiger partial charge in [0, 0.05) is 12.1 Å². The van der Waals surface area contributed by atoms with Gasteiger partial charge in [0.25, 0.3) is 12.0 Å². The highest BCUT2D eigenvalue weighted by Gasteiger charge is 2.34. The fraction of sp³-hybridized carbons (Fsp3) is 0.316. The Morgan fingerprint density at radius 3 is 2.50 bits per heavy atom. The number of halogens is 3. The second kappa shape index (κ2) is 8.69. The molecule has 0 aliphatic carbocycles. The van der Waals surface area contributed by atoms with Crippen LogP contribution in [0.1, 0.15) is 47.5 Å². The maximum Gasteiger partial charge on any atom is 0.416 e. The number of nitrogens with one attached hydrogen (secondary N) is 1. The zero-order chi connectivity index (χ0) is 23.6. The van der Waals surface area contributed by atoms with E-state index < -0.39 is 47.1 Å². The van der Waals surface area contributed by atoms with Crippen LogP contribution in [0.3, 0.4) is 0 Å². The van der Waals surface area contributed by atoms with Gasteiger partial charge in [-0.2, -0.15) is 13.2 Å². The van der Waals surface area contributed by atoms with Crippen LogP contribution < -0.4 is 5.32 Å². The summed E-state index contributed by atoms with van der Waals surface area (Å²) in [6.45, 7) is 2.99. The van der Waals surface area contributed by atoms with E-state index in [9.17, 15) is 33.2 Å². The van der Waals surface area contributed by atoms with Gasteiger partial charge in [-0.25, -0.2) is 9.97 Å². The number of aromatic nitrogens is 2. The number of carboxylic acid groups (broad SMARTS) is 1. The molecule has 0 amide bonds. The number of benzene rings is 1. The summed E-state index contributed by atoms with van der Waals surface area (Å²) in [6, 6.07) is 1.37. The lowest BCUT2D eigenvalue weighted by atomic mass is 10.0. The largest absolute Gasteiger partial charge is 0.481 e. The first-order valence-corrected chi connectivity index (χ1v) is 9.14. The summed E-state index contributed by atoms with van der Waals surface area (Å²) in [5, 5.41) is 23.2. The fourth-order valence-electron chi connectivity index (χ4n) is 3.09. The van der Waals surface area contributed by atoms with Crippen LogP contribution in [-0.4, -0.2) is 26.0 Å². The van der Waals surface area contributed by atoms with Crippen LogP contribution in [0.2, 0.25) is 0 Å². The van der Waals surface area contributed by atoms with E-state index in [1.54, 1.807) is 0 Å². The Labute approximate surface area is 178 Å².